The van der Waals surface area contributed by atoms with Crippen LogP contribution in [0.4, 0.5) is 0 Å². The Bertz CT molecular complexity index is 1340. The molecular formula is C33H42N4O8. The summed E-state index contributed by atoms with van der Waals surface area (Å²) < 4.78 is 23.6. The molecule has 3 aromatic rings. The summed E-state index contributed by atoms with van der Waals surface area (Å²) in [5, 5.41) is 18.9. The van der Waals surface area contributed by atoms with E-state index in [4.69, 9.17) is 18.9 Å². The smallest absolute Gasteiger partial charge is 0.354 e. The Morgan fingerprint density at radius 1 is 0.689 bits per heavy atom. The number of aromatic nitrogens is 2. The number of pyridine rings is 2. The third kappa shape index (κ3) is 11.3. The van der Waals surface area contributed by atoms with Crippen LogP contribution >= 0.6 is 0 Å². The molecule has 0 bridgehead atoms. The van der Waals surface area contributed by atoms with Crippen LogP contribution in [-0.2, 0) is 25.5 Å². The Morgan fingerprint density at radius 2 is 1.20 bits per heavy atom. The molecular weight excluding hydrogens is 580 g/mol. The van der Waals surface area contributed by atoms with E-state index in [0.717, 1.165) is 11.1 Å². The van der Waals surface area contributed by atoms with Crippen LogP contribution in [-0.4, -0.2) is 121 Å². The summed E-state index contributed by atoms with van der Waals surface area (Å²) in [6, 6.07) is 17.9. The van der Waals surface area contributed by atoms with Crippen LogP contribution in [0, 0.1) is 6.92 Å². The lowest BCUT2D eigenvalue weighted by molar-refractivity contribution is 0.00331. The number of ether oxygens (including phenoxy) is 4. The third-order valence-corrected chi connectivity index (χ3v) is 7.33. The number of nitrogens with zero attached hydrogens (tertiary/aromatic N) is 4. The fraction of sp³-hybridized carbons (Fsp3) is 0.455. The van der Waals surface area contributed by atoms with E-state index in [2.05, 4.69) is 19.8 Å². The van der Waals surface area contributed by atoms with Gasteiger partial charge in [0.2, 0.25) is 0 Å². The molecule has 12 heteroatoms. The predicted molar refractivity (Wildman–Crippen MR) is 166 cm³/mol. The largest absolute Gasteiger partial charge is 0.477 e. The molecule has 1 unspecified atom stereocenters. The quantitative estimate of drug-likeness (QED) is 0.400. The van der Waals surface area contributed by atoms with Crippen molar-refractivity contribution in [3.63, 3.8) is 0 Å². The van der Waals surface area contributed by atoms with Gasteiger partial charge < -0.3 is 29.2 Å². The molecule has 0 spiro atoms. The summed E-state index contributed by atoms with van der Waals surface area (Å²) in [5.41, 5.74) is 3.45. The molecule has 0 radical (unpaired) electrons. The Labute approximate surface area is 263 Å². The van der Waals surface area contributed by atoms with E-state index in [1.165, 1.54) is 12.1 Å². The van der Waals surface area contributed by atoms with E-state index < -0.39 is 11.9 Å². The lowest BCUT2D eigenvalue weighted by atomic mass is 9.99. The maximum absolute atomic E-state index is 11.7. The average molecular weight is 623 g/mol. The first-order chi connectivity index (χ1) is 21.9. The SMILES string of the molecule is Cc1ccc(C(c2cccc(C(=O)O)n2)N2CCOCCOCCN(Cc3cccc(C(=O)O)n3)CCOCCOCC2)cc1. The topological polar surface area (TPSA) is 144 Å². The van der Waals surface area contributed by atoms with Crippen molar-refractivity contribution < 1.29 is 38.7 Å². The predicted octanol–water partition coefficient (Wildman–Crippen LogP) is 3.16. The average Bonchev–Trinajstić information content (AvgIpc) is 3.03. The van der Waals surface area contributed by atoms with Crippen molar-refractivity contribution in [3.8, 4) is 0 Å². The molecule has 1 atom stereocenters. The number of carboxylic acid groups (broad SMARTS) is 2. The first kappa shape index (κ1) is 34.1. The number of aromatic carboxylic acids is 2. The van der Waals surface area contributed by atoms with Crippen LogP contribution in [0.5, 0.6) is 0 Å². The highest BCUT2D eigenvalue weighted by molar-refractivity contribution is 5.85. The van der Waals surface area contributed by atoms with Gasteiger partial charge in [-0.25, -0.2) is 19.6 Å². The molecule has 2 aromatic heterocycles. The van der Waals surface area contributed by atoms with Crippen molar-refractivity contribution in [1.82, 2.24) is 19.8 Å². The number of carbonyl (C=O) groups is 2. The highest BCUT2D eigenvalue weighted by Crippen LogP contribution is 2.28. The molecule has 45 heavy (non-hydrogen) atoms. The zero-order chi connectivity index (χ0) is 31.9. The van der Waals surface area contributed by atoms with Gasteiger partial charge in [-0.3, -0.25) is 9.80 Å². The monoisotopic (exact) mass is 622 g/mol. The molecule has 1 aliphatic heterocycles. The first-order valence-corrected chi connectivity index (χ1v) is 15.1. The van der Waals surface area contributed by atoms with E-state index >= 15 is 0 Å². The van der Waals surface area contributed by atoms with E-state index in [9.17, 15) is 19.8 Å². The van der Waals surface area contributed by atoms with Gasteiger partial charge in [0.25, 0.3) is 0 Å². The highest BCUT2D eigenvalue weighted by atomic mass is 16.5. The lowest BCUT2D eigenvalue weighted by Gasteiger charge is -2.32. The minimum atomic E-state index is -1.07. The van der Waals surface area contributed by atoms with Gasteiger partial charge in [0.15, 0.2) is 0 Å². The molecule has 0 amide bonds. The van der Waals surface area contributed by atoms with Crippen molar-refractivity contribution in [2.24, 2.45) is 0 Å². The minimum absolute atomic E-state index is 0.00333. The second kappa shape index (κ2) is 18.3. The molecule has 0 saturated carbocycles. The maximum atomic E-state index is 11.7. The summed E-state index contributed by atoms with van der Waals surface area (Å²) >= 11 is 0. The molecule has 4 rings (SSSR count). The standard InChI is InChI=1S/C33H42N4O8/c1-25-8-10-26(11-9-25)31(28-5-3-7-30(35-28)33(40)41)37-14-18-44-22-20-42-16-12-36(13-17-43-21-23-45-19-15-37)24-27-4-2-6-29(34-27)32(38)39/h2-11,31H,12-24H2,1H3,(H,38,39)(H,40,41). The van der Waals surface area contributed by atoms with Gasteiger partial charge in [0, 0.05) is 32.7 Å². The van der Waals surface area contributed by atoms with Crippen LogP contribution in [0.1, 0.15) is 49.5 Å². The number of aryl methyl sites for hydroxylation is 1. The van der Waals surface area contributed by atoms with Gasteiger partial charge in [0.05, 0.1) is 70.3 Å². The minimum Gasteiger partial charge on any atom is -0.477 e. The summed E-state index contributed by atoms with van der Waals surface area (Å²) in [6.07, 6.45) is 0. The second-order valence-corrected chi connectivity index (χ2v) is 10.6. The van der Waals surface area contributed by atoms with Crippen molar-refractivity contribution in [2.75, 3.05) is 79.0 Å². The first-order valence-electron chi connectivity index (χ1n) is 15.1. The summed E-state index contributed by atoms with van der Waals surface area (Å²) in [4.78, 5) is 36.1. The van der Waals surface area contributed by atoms with Crippen molar-refractivity contribution in [1.29, 1.82) is 0 Å². The normalized spacial score (nSPS) is 18.0. The number of benzene rings is 1. The Balaban J connectivity index is 1.40. The lowest BCUT2D eigenvalue weighted by Crippen LogP contribution is -2.36. The van der Waals surface area contributed by atoms with Crippen LogP contribution in [0.3, 0.4) is 0 Å². The molecule has 1 saturated heterocycles. The molecule has 3 heterocycles. The van der Waals surface area contributed by atoms with Crippen LogP contribution in [0.15, 0.2) is 60.7 Å². The van der Waals surface area contributed by atoms with Gasteiger partial charge in [-0.1, -0.05) is 42.0 Å². The zero-order valence-electron chi connectivity index (χ0n) is 25.7. The van der Waals surface area contributed by atoms with Crippen molar-refractivity contribution in [2.45, 2.75) is 19.5 Å². The maximum Gasteiger partial charge on any atom is 0.354 e. The summed E-state index contributed by atoms with van der Waals surface area (Å²) in [7, 11) is 0. The third-order valence-electron chi connectivity index (χ3n) is 7.33. The van der Waals surface area contributed by atoms with E-state index in [-0.39, 0.29) is 17.4 Å². The Kier molecular flexibility index (Phi) is 13.8. The van der Waals surface area contributed by atoms with Gasteiger partial charge in [-0.15, -0.1) is 0 Å². The van der Waals surface area contributed by atoms with Crippen LogP contribution < -0.4 is 0 Å². The molecule has 1 fully saturated rings. The van der Waals surface area contributed by atoms with E-state index in [1.807, 2.05) is 43.3 Å². The second-order valence-electron chi connectivity index (χ2n) is 10.6. The summed E-state index contributed by atoms with van der Waals surface area (Å²) in [6.45, 7) is 8.35. The molecule has 1 aromatic carbocycles. The van der Waals surface area contributed by atoms with Gasteiger partial charge in [0.1, 0.15) is 11.4 Å². The van der Waals surface area contributed by atoms with Gasteiger partial charge in [-0.05, 0) is 36.8 Å². The molecule has 2 N–H and O–H groups in total. The fourth-order valence-electron chi connectivity index (χ4n) is 4.99. The molecule has 0 aliphatic carbocycles. The van der Waals surface area contributed by atoms with Gasteiger partial charge in [-0.2, -0.15) is 0 Å². The summed E-state index contributed by atoms with van der Waals surface area (Å²) in [5.74, 6) is -2.13. The number of rotatable bonds is 7. The van der Waals surface area contributed by atoms with Gasteiger partial charge >= 0.3 is 11.9 Å². The Morgan fingerprint density at radius 3 is 1.76 bits per heavy atom. The van der Waals surface area contributed by atoms with Crippen LogP contribution in [0.25, 0.3) is 0 Å². The van der Waals surface area contributed by atoms with Crippen molar-refractivity contribution in [3.05, 3.63) is 94.6 Å². The number of hydrogen-bond acceptors (Lipinski definition) is 10. The van der Waals surface area contributed by atoms with Crippen LogP contribution in [0.2, 0.25) is 0 Å². The molecule has 242 valence electrons. The van der Waals surface area contributed by atoms with E-state index in [1.54, 1.807) is 12.1 Å². The molecule has 12 nitrogen and oxygen atoms in total. The number of hydrogen-bond donors (Lipinski definition) is 2. The molecule has 1 aliphatic rings. The zero-order valence-corrected chi connectivity index (χ0v) is 25.7. The van der Waals surface area contributed by atoms with E-state index in [0.29, 0.717) is 97.0 Å². The Hall–Kier alpha value is -3.78. The van der Waals surface area contributed by atoms with Crippen molar-refractivity contribution >= 4 is 11.9 Å². The fourth-order valence-corrected chi connectivity index (χ4v) is 4.99. The number of carboxylic acids is 2. The highest BCUT2D eigenvalue weighted by Gasteiger charge is 2.25.